The van der Waals surface area contributed by atoms with Crippen LogP contribution in [0.4, 0.5) is 0 Å². The van der Waals surface area contributed by atoms with E-state index in [4.69, 9.17) is 0 Å². The summed E-state index contributed by atoms with van der Waals surface area (Å²) in [5.74, 6) is 1.56. The van der Waals surface area contributed by atoms with E-state index in [2.05, 4.69) is 28.7 Å². The van der Waals surface area contributed by atoms with Gasteiger partial charge in [0.25, 0.3) is 5.91 Å². The lowest BCUT2D eigenvalue weighted by Gasteiger charge is -2.34. The Balaban J connectivity index is 1.56. The number of rotatable bonds is 4. The Morgan fingerprint density at radius 2 is 2.08 bits per heavy atom. The van der Waals surface area contributed by atoms with Crippen LogP contribution in [0.3, 0.4) is 0 Å². The Kier molecular flexibility index (Phi) is 4.31. The molecule has 1 aliphatic carbocycles. The first-order valence-electron chi connectivity index (χ1n) is 9.56. The number of carbonyl (C=O) groups is 1. The van der Waals surface area contributed by atoms with Gasteiger partial charge in [-0.05, 0) is 31.1 Å². The number of aryl methyl sites for hydroxylation is 1. The predicted octanol–water partition coefficient (Wildman–Crippen LogP) is 2.26. The second kappa shape index (κ2) is 6.48. The maximum absolute atomic E-state index is 13.2. The number of hydrogen-bond acceptors (Lipinski definition) is 3. The van der Waals surface area contributed by atoms with E-state index in [1.807, 2.05) is 24.0 Å². The van der Waals surface area contributed by atoms with E-state index < -0.39 is 0 Å². The van der Waals surface area contributed by atoms with Gasteiger partial charge >= 0.3 is 0 Å². The number of nitrogens with zero attached hydrogens (tertiary/aromatic N) is 5. The molecule has 1 atom stereocenters. The highest BCUT2D eigenvalue weighted by atomic mass is 16.2. The van der Waals surface area contributed by atoms with Crippen molar-refractivity contribution in [2.24, 2.45) is 18.9 Å². The molecule has 1 amide bonds. The number of aromatic nitrogens is 3. The van der Waals surface area contributed by atoms with Crippen molar-refractivity contribution in [1.82, 2.24) is 24.0 Å². The molecule has 2 aromatic rings. The molecule has 0 unspecified atom stereocenters. The van der Waals surface area contributed by atoms with Crippen LogP contribution in [0.1, 0.15) is 43.5 Å². The highest BCUT2D eigenvalue weighted by Gasteiger charge is 2.34. The van der Waals surface area contributed by atoms with E-state index in [1.54, 1.807) is 10.7 Å². The van der Waals surface area contributed by atoms with E-state index in [0.29, 0.717) is 17.5 Å². The van der Waals surface area contributed by atoms with Crippen LogP contribution in [-0.2, 0) is 7.05 Å². The summed E-state index contributed by atoms with van der Waals surface area (Å²) >= 11 is 0. The molecule has 0 aromatic carbocycles. The van der Waals surface area contributed by atoms with Gasteiger partial charge in [0, 0.05) is 51.7 Å². The van der Waals surface area contributed by atoms with Crippen molar-refractivity contribution in [3.8, 4) is 0 Å². The second-order valence-electron chi connectivity index (χ2n) is 8.09. The molecule has 0 radical (unpaired) electrons. The first kappa shape index (κ1) is 16.6. The van der Waals surface area contributed by atoms with Crippen molar-refractivity contribution in [2.45, 2.75) is 39.2 Å². The van der Waals surface area contributed by atoms with E-state index >= 15 is 0 Å². The summed E-state index contributed by atoms with van der Waals surface area (Å²) in [7, 11) is 1.96. The minimum atomic E-state index is 0.121. The second-order valence-corrected chi connectivity index (χ2v) is 8.09. The van der Waals surface area contributed by atoms with Gasteiger partial charge in [-0.25, -0.2) is 4.52 Å². The van der Waals surface area contributed by atoms with Gasteiger partial charge in [0.1, 0.15) is 11.2 Å². The fourth-order valence-corrected chi connectivity index (χ4v) is 4.11. The summed E-state index contributed by atoms with van der Waals surface area (Å²) in [5.41, 5.74) is 1.59. The SMILES string of the molecule is CC(C)[C@H]1CN(C(=O)c2cnn3ccn(C)c23)CCCN1CC1CC1. The van der Waals surface area contributed by atoms with Crippen LogP contribution in [0.2, 0.25) is 0 Å². The minimum Gasteiger partial charge on any atom is -0.337 e. The third-order valence-corrected chi connectivity index (χ3v) is 5.76. The zero-order valence-corrected chi connectivity index (χ0v) is 15.6. The van der Waals surface area contributed by atoms with Gasteiger partial charge in [-0.1, -0.05) is 13.8 Å². The van der Waals surface area contributed by atoms with E-state index in [9.17, 15) is 4.79 Å². The van der Waals surface area contributed by atoms with Crippen molar-refractivity contribution >= 4 is 11.6 Å². The lowest BCUT2D eigenvalue weighted by atomic mass is 10.0. The Labute approximate surface area is 149 Å². The van der Waals surface area contributed by atoms with Crippen molar-refractivity contribution < 1.29 is 4.79 Å². The molecule has 136 valence electrons. The van der Waals surface area contributed by atoms with Gasteiger partial charge in [0.05, 0.1) is 6.20 Å². The first-order valence-corrected chi connectivity index (χ1v) is 9.56. The van der Waals surface area contributed by atoms with Crippen molar-refractivity contribution in [3.05, 3.63) is 24.2 Å². The molecule has 6 nitrogen and oxygen atoms in total. The van der Waals surface area contributed by atoms with Crippen molar-refractivity contribution in [2.75, 3.05) is 26.2 Å². The summed E-state index contributed by atoms with van der Waals surface area (Å²) in [4.78, 5) is 17.9. The molecule has 0 spiro atoms. The van der Waals surface area contributed by atoms with Crippen LogP contribution in [0.25, 0.3) is 5.65 Å². The zero-order valence-electron chi connectivity index (χ0n) is 15.6. The quantitative estimate of drug-likeness (QED) is 0.855. The first-order chi connectivity index (χ1) is 12.0. The van der Waals surface area contributed by atoms with Crippen LogP contribution < -0.4 is 0 Å². The Morgan fingerprint density at radius 3 is 2.80 bits per heavy atom. The maximum Gasteiger partial charge on any atom is 0.259 e. The van der Waals surface area contributed by atoms with E-state index in [-0.39, 0.29) is 5.91 Å². The molecule has 0 N–H and O–H groups in total. The molecule has 2 fully saturated rings. The number of amides is 1. The van der Waals surface area contributed by atoms with Crippen molar-refractivity contribution in [3.63, 3.8) is 0 Å². The predicted molar refractivity (Wildman–Crippen MR) is 97.6 cm³/mol. The highest BCUT2D eigenvalue weighted by molar-refractivity contribution is 5.99. The molecule has 2 aliphatic rings. The standard InChI is InChI=1S/C19H29N5O/c1-14(2)17-13-23(8-4-7-22(17)12-15-5-6-15)19(25)16-11-20-24-10-9-21(3)18(16)24/h9-11,14-15,17H,4-8,12-13H2,1-3H3/t17-/m1/s1. The topological polar surface area (TPSA) is 45.8 Å². The number of hydrogen-bond donors (Lipinski definition) is 0. The molecule has 2 aromatic heterocycles. The molecule has 3 heterocycles. The summed E-state index contributed by atoms with van der Waals surface area (Å²) in [6, 6.07) is 0.450. The fraction of sp³-hybridized carbons (Fsp3) is 0.684. The van der Waals surface area contributed by atoms with Crippen LogP contribution in [0, 0.1) is 11.8 Å². The summed E-state index contributed by atoms with van der Waals surface area (Å²) in [6.07, 6.45) is 9.37. The summed E-state index contributed by atoms with van der Waals surface area (Å²) < 4.78 is 3.75. The average molecular weight is 343 g/mol. The lowest BCUT2D eigenvalue weighted by Crippen LogP contribution is -2.46. The Bertz CT molecular complexity index is 757. The van der Waals surface area contributed by atoms with Gasteiger partial charge in [0.15, 0.2) is 0 Å². The molecule has 1 aliphatic heterocycles. The molecular formula is C19H29N5O. The third kappa shape index (κ3) is 3.19. The lowest BCUT2D eigenvalue weighted by molar-refractivity contribution is 0.0706. The van der Waals surface area contributed by atoms with Crippen LogP contribution in [-0.4, -0.2) is 62.1 Å². The average Bonchev–Trinajstić information content (AvgIpc) is 3.24. The van der Waals surface area contributed by atoms with Gasteiger partial charge in [-0.3, -0.25) is 9.69 Å². The molecule has 25 heavy (non-hydrogen) atoms. The number of fused-ring (bicyclic) bond motifs is 1. The third-order valence-electron chi connectivity index (χ3n) is 5.76. The number of carbonyl (C=O) groups excluding carboxylic acids is 1. The van der Waals surface area contributed by atoms with E-state index in [1.165, 1.54) is 19.4 Å². The monoisotopic (exact) mass is 343 g/mol. The Morgan fingerprint density at radius 1 is 1.28 bits per heavy atom. The zero-order chi connectivity index (χ0) is 17.6. The largest absolute Gasteiger partial charge is 0.337 e. The molecule has 0 bridgehead atoms. The van der Waals surface area contributed by atoms with Gasteiger partial charge < -0.3 is 9.47 Å². The van der Waals surface area contributed by atoms with Crippen LogP contribution in [0.5, 0.6) is 0 Å². The smallest absolute Gasteiger partial charge is 0.259 e. The summed E-state index contributed by atoms with van der Waals surface area (Å²) in [5, 5.41) is 4.33. The van der Waals surface area contributed by atoms with Crippen LogP contribution in [0.15, 0.2) is 18.6 Å². The summed E-state index contributed by atoms with van der Waals surface area (Å²) in [6.45, 7) is 8.55. The normalized spacial score (nSPS) is 22.7. The number of imidazole rings is 1. The molecular weight excluding hydrogens is 314 g/mol. The van der Waals surface area contributed by atoms with E-state index in [0.717, 1.165) is 37.6 Å². The van der Waals surface area contributed by atoms with Crippen LogP contribution >= 0.6 is 0 Å². The Hall–Kier alpha value is -1.82. The maximum atomic E-state index is 13.2. The minimum absolute atomic E-state index is 0.121. The van der Waals surface area contributed by atoms with Gasteiger partial charge in [-0.15, -0.1) is 0 Å². The molecule has 1 saturated carbocycles. The highest BCUT2D eigenvalue weighted by Crippen LogP contribution is 2.32. The molecule has 1 saturated heterocycles. The fourth-order valence-electron chi connectivity index (χ4n) is 4.11. The van der Waals surface area contributed by atoms with Gasteiger partial charge in [0.2, 0.25) is 0 Å². The van der Waals surface area contributed by atoms with Gasteiger partial charge in [-0.2, -0.15) is 5.10 Å². The molecule has 6 heteroatoms. The van der Waals surface area contributed by atoms with Crippen molar-refractivity contribution in [1.29, 1.82) is 0 Å². The molecule has 4 rings (SSSR count).